The fraction of sp³-hybridized carbons (Fsp3) is 0.105. The minimum Gasteiger partial charge on any atom is -0.494 e. The Morgan fingerprint density at radius 1 is 1.12 bits per heavy atom. The molecule has 2 aromatic carbocycles. The zero-order chi connectivity index (χ0) is 17.6. The summed E-state index contributed by atoms with van der Waals surface area (Å²) >= 11 is 5.25. The van der Waals surface area contributed by atoms with Gasteiger partial charge in [0.05, 0.1) is 17.8 Å². The van der Waals surface area contributed by atoms with Crippen LogP contribution in [0.3, 0.4) is 0 Å². The molecule has 3 aromatic rings. The topological polar surface area (TPSA) is 63.2 Å². The van der Waals surface area contributed by atoms with E-state index in [1.165, 1.54) is 0 Å². The molecule has 1 amide bonds. The molecular formula is C19H17N3O2S. The van der Waals surface area contributed by atoms with E-state index in [4.69, 9.17) is 17.0 Å². The molecule has 0 aliphatic heterocycles. The molecule has 0 aliphatic rings. The fourth-order valence-electron chi connectivity index (χ4n) is 2.40. The predicted octanol–water partition coefficient (Wildman–Crippen LogP) is 3.76. The number of nitrogens with zero attached hydrogens (tertiary/aromatic N) is 1. The number of carbonyl (C=O) groups is 1. The van der Waals surface area contributed by atoms with Crippen LogP contribution in [0.5, 0.6) is 5.75 Å². The number of hydrogen-bond acceptors (Lipinski definition) is 4. The second-order valence-electron chi connectivity index (χ2n) is 5.25. The van der Waals surface area contributed by atoms with Crippen LogP contribution in [0.4, 0.5) is 5.69 Å². The minimum atomic E-state index is -0.284. The maximum absolute atomic E-state index is 12.3. The molecule has 0 saturated carbocycles. The molecule has 5 nitrogen and oxygen atoms in total. The van der Waals surface area contributed by atoms with Crippen molar-refractivity contribution in [3.8, 4) is 5.75 Å². The monoisotopic (exact) mass is 351 g/mol. The van der Waals surface area contributed by atoms with E-state index in [0.29, 0.717) is 12.2 Å². The minimum absolute atomic E-state index is 0.219. The van der Waals surface area contributed by atoms with Crippen molar-refractivity contribution in [1.82, 2.24) is 10.3 Å². The molecule has 0 fully saturated rings. The molecule has 0 spiro atoms. The average Bonchev–Trinajstić information content (AvgIpc) is 2.63. The van der Waals surface area contributed by atoms with Gasteiger partial charge in [0.2, 0.25) is 0 Å². The Labute approximate surface area is 151 Å². The lowest BCUT2D eigenvalue weighted by Gasteiger charge is -2.11. The Kier molecular flexibility index (Phi) is 5.20. The second kappa shape index (κ2) is 7.72. The van der Waals surface area contributed by atoms with E-state index in [1.54, 1.807) is 30.5 Å². The van der Waals surface area contributed by atoms with Crippen LogP contribution >= 0.6 is 12.2 Å². The summed E-state index contributed by atoms with van der Waals surface area (Å²) in [5, 5.41) is 6.92. The second-order valence-corrected chi connectivity index (χ2v) is 5.65. The van der Waals surface area contributed by atoms with Crippen molar-refractivity contribution < 1.29 is 9.53 Å². The van der Waals surface area contributed by atoms with E-state index in [0.717, 1.165) is 22.3 Å². The molecule has 0 unspecified atom stereocenters. The molecule has 0 atom stereocenters. The number of para-hydroxylation sites is 1. The van der Waals surface area contributed by atoms with Gasteiger partial charge in [-0.3, -0.25) is 15.1 Å². The molecule has 3 rings (SSSR count). The average molecular weight is 351 g/mol. The van der Waals surface area contributed by atoms with Crippen LogP contribution < -0.4 is 15.4 Å². The molecule has 126 valence electrons. The predicted molar refractivity (Wildman–Crippen MR) is 103 cm³/mol. The van der Waals surface area contributed by atoms with Gasteiger partial charge < -0.3 is 10.1 Å². The maximum Gasteiger partial charge on any atom is 0.257 e. The first-order valence-corrected chi connectivity index (χ1v) is 8.27. The summed E-state index contributed by atoms with van der Waals surface area (Å²) in [6, 6.07) is 16.5. The highest BCUT2D eigenvalue weighted by atomic mass is 32.1. The van der Waals surface area contributed by atoms with Crippen LogP contribution in [0, 0.1) is 0 Å². The number of pyridine rings is 1. The number of carbonyl (C=O) groups excluding carboxylic acids is 1. The third-order valence-electron chi connectivity index (χ3n) is 3.54. The highest BCUT2D eigenvalue weighted by molar-refractivity contribution is 7.80. The van der Waals surface area contributed by atoms with Crippen LogP contribution in [0.2, 0.25) is 0 Å². The summed E-state index contributed by atoms with van der Waals surface area (Å²) in [6.07, 6.45) is 1.72. The summed E-state index contributed by atoms with van der Waals surface area (Å²) in [6.45, 7) is 2.49. The SMILES string of the molecule is CCOc1ccc(C(=O)NC(=S)Nc2cccc3cccnc23)cc1. The van der Waals surface area contributed by atoms with Gasteiger partial charge in [0.1, 0.15) is 5.75 Å². The van der Waals surface area contributed by atoms with Gasteiger partial charge in [0.25, 0.3) is 5.91 Å². The highest BCUT2D eigenvalue weighted by Crippen LogP contribution is 2.20. The molecule has 6 heteroatoms. The van der Waals surface area contributed by atoms with E-state index in [2.05, 4.69) is 15.6 Å². The number of anilines is 1. The van der Waals surface area contributed by atoms with E-state index in [9.17, 15) is 4.79 Å². The number of fused-ring (bicyclic) bond motifs is 1. The molecule has 0 saturated heterocycles. The molecule has 1 heterocycles. The summed E-state index contributed by atoms with van der Waals surface area (Å²) in [5.74, 6) is 0.440. The van der Waals surface area contributed by atoms with E-state index in [1.807, 2.05) is 37.3 Å². The van der Waals surface area contributed by atoms with Crippen molar-refractivity contribution in [1.29, 1.82) is 0 Å². The zero-order valence-corrected chi connectivity index (χ0v) is 14.5. The van der Waals surface area contributed by atoms with Crippen LogP contribution in [-0.4, -0.2) is 22.6 Å². The third-order valence-corrected chi connectivity index (χ3v) is 3.74. The Bertz CT molecular complexity index is 905. The molecule has 0 radical (unpaired) electrons. The summed E-state index contributed by atoms with van der Waals surface area (Å²) < 4.78 is 5.36. The van der Waals surface area contributed by atoms with Gasteiger partial charge >= 0.3 is 0 Å². The van der Waals surface area contributed by atoms with Gasteiger partial charge in [-0.05, 0) is 55.5 Å². The lowest BCUT2D eigenvalue weighted by Crippen LogP contribution is -2.34. The number of thiocarbonyl (C=S) groups is 1. The number of amides is 1. The molecule has 25 heavy (non-hydrogen) atoms. The first kappa shape index (κ1) is 16.9. The van der Waals surface area contributed by atoms with Crippen molar-refractivity contribution >= 4 is 39.8 Å². The lowest BCUT2D eigenvalue weighted by atomic mass is 10.2. The maximum atomic E-state index is 12.3. The van der Waals surface area contributed by atoms with Gasteiger partial charge in [0.15, 0.2) is 5.11 Å². The number of aromatic nitrogens is 1. The van der Waals surface area contributed by atoms with Gasteiger partial charge in [-0.1, -0.05) is 18.2 Å². The smallest absolute Gasteiger partial charge is 0.257 e. The van der Waals surface area contributed by atoms with Crippen molar-refractivity contribution in [2.24, 2.45) is 0 Å². The fourth-order valence-corrected chi connectivity index (χ4v) is 2.61. The van der Waals surface area contributed by atoms with E-state index < -0.39 is 0 Å². The van der Waals surface area contributed by atoms with Gasteiger partial charge in [-0.15, -0.1) is 0 Å². The Morgan fingerprint density at radius 3 is 2.64 bits per heavy atom. The number of rotatable bonds is 4. The van der Waals surface area contributed by atoms with Gasteiger partial charge in [-0.2, -0.15) is 0 Å². The first-order valence-electron chi connectivity index (χ1n) is 7.86. The Balaban J connectivity index is 1.68. The van der Waals surface area contributed by atoms with E-state index >= 15 is 0 Å². The van der Waals surface area contributed by atoms with Crippen molar-refractivity contribution in [3.05, 3.63) is 66.4 Å². The third kappa shape index (κ3) is 4.10. The number of ether oxygens (including phenoxy) is 1. The van der Waals surface area contributed by atoms with Crippen molar-refractivity contribution in [2.45, 2.75) is 6.92 Å². The standard InChI is InChI=1S/C19H17N3O2S/c1-2-24-15-10-8-14(9-11-15)18(23)22-19(25)21-16-7-3-5-13-6-4-12-20-17(13)16/h3-12H,2H2,1H3,(H2,21,22,23,25). The normalized spacial score (nSPS) is 10.3. The molecule has 0 aliphatic carbocycles. The summed E-state index contributed by atoms with van der Waals surface area (Å²) in [4.78, 5) is 16.6. The van der Waals surface area contributed by atoms with Gasteiger partial charge in [-0.25, -0.2) is 0 Å². The summed E-state index contributed by atoms with van der Waals surface area (Å²) in [5.41, 5.74) is 2.04. The van der Waals surface area contributed by atoms with Crippen LogP contribution in [-0.2, 0) is 0 Å². The quantitative estimate of drug-likeness (QED) is 0.701. The van der Waals surface area contributed by atoms with Crippen molar-refractivity contribution in [2.75, 3.05) is 11.9 Å². The van der Waals surface area contributed by atoms with Crippen LogP contribution in [0.15, 0.2) is 60.8 Å². The Morgan fingerprint density at radius 2 is 1.88 bits per heavy atom. The molecular weight excluding hydrogens is 334 g/mol. The lowest BCUT2D eigenvalue weighted by molar-refractivity contribution is 0.0977. The van der Waals surface area contributed by atoms with Crippen molar-refractivity contribution in [3.63, 3.8) is 0 Å². The van der Waals surface area contributed by atoms with Crippen LogP contribution in [0.1, 0.15) is 17.3 Å². The largest absolute Gasteiger partial charge is 0.494 e. The number of nitrogens with one attached hydrogen (secondary N) is 2. The van der Waals surface area contributed by atoms with Gasteiger partial charge in [0, 0.05) is 17.1 Å². The molecule has 2 N–H and O–H groups in total. The summed E-state index contributed by atoms with van der Waals surface area (Å²) in [7, 11) is 0. The first-order chi connectivity index (χ1) is 12.2. The number of hydrogen-bond donors (Lipinski definition) is 2. The van der Waals surface area contributed by atoms with E-state index in [-0.39, 0.29) is 11.0 Å². The zero-order valence-electron chi connectivity index (χ0n) is 13.7. The molecule has 0 bridgehead atoms. The van der Waals surface area contributed by atoms with Crippen LogP contribution in [0.25, 0.3) is 10.9 Å². The molecule has 1 aromatic heterocycles. The highest BCUT2D eigenvalue weighted by Gasteiger charge is 2.09. The number of benzene rings is 2. The Hall–Kier alpha value is -2.99.